The molecule has 0 unspecified atom stereocenters. The van der Waals surface area contributed by atoms with Crippen LogP contribution in [0.1, 0.15) is 20.3 Å². The third kappa shape index (κ3) is 3.58. The summed E-state index contributed by atoms with van der Waals surface area (Å²) < 4.78 is 6.46. The predicted octanol–water partition coefficient (Wildman–Crippen LogP) is 3.46. The molecule has 0 aliphatic rings. The molecule has 1 aromatic rings. The maximum atomic E-state index is 5.66. The van der Waals surface area contributed by atoms with E-state index in [0.717, 1.165) is 28.9 Å². The first-order valence-corrected chi connectivity index (χ1v) is 5.56. The van der Waals surface area contributed by atoms with Gasteiger partial charge >= 0.3 is 0 Å². The summed E-state index contributed by atoms with van der Waals surface area (Å²) in [5.41, 5.74) is 6.40. The minimum absolute atomic E-state index is 0.673. The molecule has 3 heteroatoms. The van der Waals surface area contributed by atoms with E-state index in [9.17, 15) is 0 Å². The Balaban J connectivity index is 2.47. The zero-order chi connectivity index (χ0) is 10.6. The molecule has 0 atom stereocenters. The van der Waals surface area contributed by atoms with Crippen molar-refractivity contribution in [3.05, 3.63) is 22.7 Å². The molecule has 2 N–H and O–H groups in total. The molecule has 0 aromatic heterocycles. The van der Waals surface area contributed by atoms with Crippen molar-refractivity contribution in [2.24, 2.45) is 5.92 Å². The lowest BCUT2D eigenvalue weighted by molar-refractivity contribution is 0.289. The Labute approximate surface area is 93.6 Å². The van der Waals surface area contributed by atoms with Gasteiger partial charge in [0.15, 0.2) is 0 Å². The monoisotopic (exact) mass is 257 g/mol. The Hall–Kier alpha value is -0.700. The second kappa shape index (κ2) is 5.25. The van der Waals surface area contributed by atoms with Gasteiger partial charge in [0, 0.05) is 10.2 Å². The van der Waals surface area contributed by atoms with Gasteiger partial charge in [-0.3, -0.25) is 0 Å². The number of benzene rings is 1. The van der Waals surface area contributed by atoms with Crippen LogP contribution in [0, 0.1) is 5.92 Å². The molecule has 0 aliphatic heterocycles. The van der Waals surface area contributed by atoms with E-state index in [1.54, 1.807) is 0 Å². The van der Waals surface area contributed by atoms with Gasteiger partial charge in [-0.05, 0) is 46.5 Å². The second-order valence-corrected chi connectivity index (χ2v) is 4.57. The van der Waals surface area contributed by atoms with Crippen molar-refractivity contribution >= 4 is 21.6 Å². The zero-order valence-corrected chi connectivity index (χ0v) is 10.2. The Morgan fingerprint density at radius 3 is 2.71 bits per heavy atom. The number of ether oxygens (including phenoxy) is 1. The van der Waals surface area contributed by atoms with Crippen LogP contribution in [0.15, 0.2) is 22.7 Å². The third-order valence-electron chi connectivity index (χ3n) is 1.94. The van der Waals surface area contributed by atoms with Gasteiger partial charge in [-0.25, -0.2) is 0 Å². The standard InChI is InChI=1S/C11H16BrNO/c1-8(2)5-6-14-9-3-4-11(13)10(12)7-9/h3-4,7-8H,5-6,13H2,1-2H3. The van der Waals surface area contributed by atoms with Gasteiger partial charge in [-0.1, -0.05) is 13.8 Å². The molecule has 0 aliphatic carbocycles. The molecule has 0 amide bonds. The molecule has 0 heterocycles. The lowest BCUT2D eigenvalue weighted by Gasteiger charge is -2.08. The van der Waals surface area contributed by atoms with Gasteiger partial charge < -0.3 is 10.5 Å². The van der Waals surface area contributed by atoms with Crippen molar-refractivity contribution in [3.8, 4) is 5.75 Å². The molecular weight excluding hydrogens is 242 g/mol. The largest absolute Gasteiger partial charge is 0.494 e. The minimum Gasteiger partial charge on any atom is -0.494 e. The van der Waals surface area contributed by atoms with Crippen LogP contribution in [0.25, 0.3) is 0 Å². The third-order valence-corrected chi connectivity index (χ3v) is 2.62. The van der Waals surface area contributed by atoms with Crippen LogP contribution in [-0.2, 0) is 0 Å². The van der Waals surface area contributed by atoms with Gasteiger partial charge in [0.25, 0.3) is 0 Å². The van der Waals surface area contributed by atoms with Gasteiger partial charge in [0.05, 0.1) is 6.61 Å². The summed E-state index contributed by atoms with van der Waals surface area (Å²) in [6, 6.07) is 5.63. The van der Waals surface area contributed by atoms with E-state index >= 15 is 0 Å². The van der Waals surface area contributed by atoms with Crippen LogP contribution in [-0.4, -0.2) is 6.61 Å². The molecule has 0 fully saturated rings. The number of anilines is 1. The second-order valence-electron chi connectivity index (χ2n) is 3.71. The first kappa shape index (κ1) is 11.4. The van der Waals surface area contributed by atoms with Crippen molar-refractivity contribution in [2.75, 3.05) is 12.3 Å². The molecule has 1 rings (SSSR count). The highest BCUT2D eigenvalue weighted by Gasteiger charge is 1.99. The first-order chi connectivity index (χ1) is 6.59. The summed E-state index contributed by atoms with van der Waals surface area (Å²) in [7, 11) is 0. The van der Waals surface area contributed by atoms with Crippen molar-refractivity contribution in [1.82, 2.24) is 0 Å². The van der Waals surface area contributed by atoms with E-state index < -0.39 is 0 Å². The molecule has 78 valence electrons. The van der Waals surface area contributed by atoms with Gasteiger partial charge in [-0.15, -0.1) is 0 Å². The molecule has 1 aromatic carbocycles. The van der Waals surface area contributed by atoms with Crippen molar-refractivity contribution in [1.29, 1.82) is 0 Å². The molecule has 0 spiro atoms. The number of rotatable bonds is 4. The lowest BCUT2D eigenvalue weighted by atomic mass is 10.1. The van der Waals surface area contributed by atoms with Crippen LogP contribution in [0.5, 0.6) is 5.75 Å². The molecule has 14 heavy (non-hydrogen) atoms. The average molecular weight is 258 g/mol. The Kier molecular flexibility index (Phi) is 4.26. The van der Waals surface area contributed by atoms with Gasteiger partial charge in [0.1, 0.15) is 5.75 Å². The van der Waals surface area contributed by atoms with Crippen molar-refractivity contribution in [3.63, 3.8) is 0 Å². The molecule has 0 bridgehead atoms. The van der Waals surface area contributed by atoms with E-state index in [-0.39, 0.29) is 0 Å². The smallest absolute Gasteiger partial charge is 0.120 e. The predicted molar refractivity (Wildman–Crippen MR) is 63.5 cm³/mol. The summed E-state index contributed by atoms with van der Waals surface area (Å²) in [4.78, 5) is 0. The van der Waals surface area contributed by atoms with E-state index in [1.165, 1.54) is 0 Å². The number of nitrogen functional groups attached to an aromatic ring is 1. The van der Waals surface area contributed by atoms with Crippen LogP contribution in [0.4, 0.5) is 5.69 Å². The maximum Gasteiger partial charge on any atom is 0.120 e. The number of hydrogen-bond donors (Lipinski definition) is 1. The normalized spacial score (nSPS) is 10.6. The molecule has 0 saturated heterocycles. The summed E-state index contributed by atoms with van der Waals surface area (Å²) in [6.07, 6.45) is 1.07. The highest BCUT2D eigenvalue weighted by atomic mass is 79.9. The number of nitrogens with two attached hydrogens (primary N) is 1. The first-order valence-electron chi connectivity index (χ1n) is 4.77. The van der Waals surface area contributed by atoms with E-state index in [1.807, 2.05) is 18.2 Å². The number of halogens is 1. The molecule has 0 saturated carbocycles. The Morgan fingerprint density at radius 1 is 1.43 bits per heavy atom. The van der Waals surface area contributed by atoms with E-state index in [0.29, 0.717) is 5.92 Å². The highest BCUT2D eigenvalue weighted by molar-refractivity contribution is 9.10. The number of hydrogen-bond acceptors (Lipinski definition) is 2. The minimum atomic E-state index is 0.673. The fraction of sp³-hybridized carbons (Fsp3) is 0.455. The van der Waals surface area contributed by atoms with E-state index in [4.69, 9.17) is 10.5 Å². The Morgan fingerprint density at radius 2 is 2.14 bits per heavy atom. The van der Waals surface area contributed by atoms with Crippen LogP contribution in [0.2, 0.25) is 0 Å². The average Bonchev–Trinajstić information content (AvgIpc) is 2.10. The summed E-state index contributed by atoms with van der Waals surface area (Å²) in [5.74, 6) is 1.54. The fourth-order valence-electron chi connectivity index (χ4n) is 1.01. The van der Waals surface area contributed by atoms with Crippen molar-refractivity contribution < 1.29 is 4.74 Å². The van der Waals surface area contributed by atoms with Crippen LogP contribution in [0.3, 0.4) is 0 Å². The fourth-order valence-corrected chi connectivity index (χ4v) is 1.37. The zero-order valence-electron chi connectivity index (χ0n) is 8.59. The summed E-state index contributed by atoms with van der Waals surface area (Å²) >= 11 is 3.36. The quantitative estimate of drug-likeness (QED) is 0.839. The van der Waals surface area contributed by atoms with Crippen LogP contribution >= 0.6 is 15.9 Å². The SMILES string of the molecule is CC(C)CCOc1ccc(N)c(Br)c1. The highest BCUT2D eigenvalue weighted by Crippen LogP contribution is 2.24. The molecule has 0 radical (unpaired) electrons. The topological polar surface area (TPSA) is 35.2 Å². The van der Waals surface area contributed by atoms with E-state index in [2.05, 4.69) is 29.8 Å². The van der Waals surface area contributed by atoms with Gasteiger partial charge in [-0.2, -0.15) is 0 Å². The van der Waals surface area contributed by atoms with Crippen molar-refractivity contribution in [2.45, 2.75) is 20.3 Å². The summed E-state index contributed by atoms with van der Waals surface area (Å²) in [6.45, 7) is 5.12. The molecule has 2 nitrogen and oxygen atoms in total. The lowest BCUT2D eigenvalue weighted by Crippen LogP contribution is -2.01. The summed E-state index contributed by atoms with van der Waals surface area (Å²) in [5, 5.41) is 0. The molecular formula is C11H16BrNO. The van der Waals surface area contributed by atoms with Gasteiger partial charge in [0.2, 0.25) is 0 Å². The maximum absolute atomic E-state index is 5.66. The van der Waals surface area contributed by atoms with Crippen LogP contribution < -0.4 is 10.5 Å². The Bertz CT molecular complexity index is 299.